The quantitative estimate of drug-likeness (QED) is 0.649. The molecule has 2 heterocycles. The summed E-state index contributed by atoms with van der Waals surface area (Å²) >= 11 is 0. The number of anilines is 1. The van der Waals surface area contributed by atoms with Gasteiger partial charge in [-0.05, 0) is 49.6 Å². The number of benzene rings is 2. The summed E-state index contributed by atoms with van der Waals surface area (Å²) in [6.07, 6.45) is 1.77. The number of aromatic nitrogens is 1. The molecule has 0 radical (unpaired) electrons. The van der Waals surface area contributed by atoms with E-state index in [1.165, 1.54) is 21.0 Å². The van der Waals surface area contributed by atoms with Crippen molar-refractivity contribution in [3.8, 4) is 0 Å². The number of amides is 1. The molecule has 0 atom stereocenters. The van der Waals surface area contributed by atoms with Gasteiger partial charge in [0.25, 0.3) is 0 Å². The first-order valence-corrected chi connectivity index (χ1v) is 11.3. The minimum absolute atomic E-state index is 0.0797. The van der Waals surface area contributed by atoms with Gasteiger partial charge in [0, 0.05) is 37.8 Å². The Kier molecular flexibility index (Phi) is 5.48. The summed E-state index contributed by atoms with van der Waals surface area (Å²) in [5.41, 5.74) is 2.38. The lowest BCUT2D eigenvalue weighted by atomic mass is 10.2. The molecular formula is C21H23N3O5S. The van der Waals surface area contributed by atoms with Crippen LogP contribution in [0.1, 0.15) is 24.8 Å². The number of nitrogens with one attached hydrogen (secondary N) is 1. The van der Waals surface area contributed by atoms with E-state index in [2.05, 4.69) is 5.32 Å². The number of aryl methyl sites for hydroxylation is 2. The lowest BCUT2D eigenvalue weighted by molar-refractivity contribution is -0.116. The molecule has 1 aliphatic rings. The number of carbonyl (C=O) groups excluding carboxylic acids is 1. The summed E-state index contributed by atoms with van der Waals surface area (Å²) in [6, 6.07) is 11.9. The van der Waals surface area contributed by atoms with Crippen LogP contribution in [0.25, 0.3) is 11.1 Å². The first-order valence-electron chi connectivity index (χ1n) is 9.85. The fourth-order valence-corrected chi connectivity index (χ4v) is 5.19. The molecule has 0 bridgehead atoms. The van der Waals surface area contributed by atoms with Crippen LogP contribution in [-0.4, -0.2) is 36.3 Å². The molecule has 9 heteroatoms. The first-order chi connectivity index (χ1) is 14.3. The Morgan fingerprint density at radius 1 is 1.13 bits per heavy atom. The summed E-state index contributed by atoms with van der Waals surface area (Å²) in [7, 11) is -3.60. The average Bonchev–Trinajstić information content (AvgIpc) is 3.34. The van der Waals surface area contributed by atoms with Gasteiger partial charge < -0.3 is 9.73 Å². The molecule has 2 aromatic carbocycles. The maximum atomic E-state index is 12.7. The second-order valence-corrected chi connectivity index (χ2v) is 9.37. The molecule has 3 aromatic rings. The van der Waals surface area contributed by atoms with Crippen molar-refractivity contribution < 1.29 is 17.6 Å². The number of carbonyl (C=O) groups is 1. The lowest BCUT2D eigenvalue weighted by Gasteiger charge is -2.15. The second kappa shape index (κ2) is 8.08. The number of fused-ring (bicyclic) bond motifs is 1. The number of rotatable bonds is 6. The van der Waals surface area contributed by atoms with Crippen LogP contribution in [0, 0.1) is 6.92 Å². The van der Waals surface area contributed by atoms with Gasteiger partial charge >= 0.3 is 5.76 Å². The Balaban J connectivity index is 1.51. The summed E-state index contributed by atoms with van der Waals surface area (Å²) in [4.78, 5) is 24.6. The van der Waals surface area contributed by atoms with E-state index >= 15 is 0 Å². The molecule has 1 fully saturated rings. The van der Waals surface area contributed by atoms with E-state index < -0.39 is 15.8 Å². The van der Waals surface area contributed by atoms with Gasteiger partial charge in [-0.25, -0.2) is 13.2 Å². The van der Waals surface area contributed by atoms with E-state index in [0.717, 1.165) is 18.4 Å². The summed E-state index contributed by atoms with van der Waals surface area (Å²) in [5.74, 6) is -0.848. The molecular weight excluding hydrogens is 406 g/mol. The molecule has 8 nitrogen and oxygen atoms in total. The van der Waals surface area contributed by atoms with Gasteiger partial charge in [0.1, 0.15) is 0 Å². The standard InChI is InChI=1S/C21H23N3O5S/c1-15-5-4-6-16(13-15)22-20(25)9-12-24-18-8-7-17(14-19(18)29-21(24)26)30(27,28)23-10-2-3-11-23/h4-8,13-14H,2-3,9-12H2,1H3,(H,22,25). The minimum Gasteiger partial charge on any atom is -0.408 e. The van der Waals surface area contributed by atoms with Crippen LogP contribution in [0.3, 0.4) is 0 Å². The number of sulfonamides is 1. The fraction of sp³-hybridized carbons (Fsp3) is 0.333. The van der Waals surface area contributed by atoms with Crippen molar-refractivity contribution >= 4 is 32.7 Å². The van der Waals surface area contributed by atoms with Crippen LogP contribution >= 0.6 is 0 Å². The number of hydrogen-bond acceptors (Lipinski definition) is 5. The van der Waals surface area contributed by atoms with Gasteiger partial charge in [-0.1, -0.05) is 12.1 Å². The normalized spacial score (nSPS) is 15.0. The van der Waals surface area contributed by atoms with Crippen LogP contribution < -0.4 is 11.1 Å². The van der Waals surface area contributed by atoms with Crippen LogP contribution in [0.15, 0.2) is 56.6 Å². The largest absolute Gasteiger partial charge is 0.419 e. The van der Waals surface area contributed by atoms with Gasteiger partial charge in [-0.15, -0.1) is 0 Å². The van der Waals surface area contributed by atoms with Crippen molar-refractivity contribution in [2.45, 2.75) is 37.6 Å². The zero-order valence-corrected chi connectivity index (χ0v) is 17.4. The van der Waals surface area contributed by atoms with Crippen LogP contribution in [0.5, 0.6) is 0 Å². The van der Waals surface area contributed by atoms with E-state index in [9.17, 15) is 18.0 Å². The second-order valence-electron chi connectivity index (χ2n) is 7.43. The Morgan fingerprint density at radius 3 is 2.63 bits per heavy atom. The van der Waals surface area contributed by atoms with E-state index in [1.807, 2.05) is 25.1 Å². The Bertz CT molecular complexity index is 1250. The third-order valence-electron chi connectivity index (χ3n) is 5.21. The Labute approximate surface area is 174 Å². The summed E-state index contributed by atoms with van der Waals surface area (Å²) < 4.78 is 33.5. The van der Waals surface area contributed by atoms with Gasteiger partial charge in [-0.2, -0.15) is 4.31 Å². The van der Waals surface area contributed by atoms with Crippen molar-refractivity contribution in [2.24, 2.45) is 0 Å². The molecule has 1 saturated heterocycles. The topological polar surface area (TPSA) is 102 Å². The molecule has 0 aliphatic carbocycles. The highest BCUT2D eigenvalue weighted by atomic mass is 32.2. The summed E-state index contributed by atoms with van der Waals surface area (Å²) in [5, 5.41) is 2.80. The predicted molar refractivity (Wildman–Crippen MR) is 113 cm³/mol. The van der Waals surface area contributed by atoms with Gasteiger partial charge in [0.15, 0.2) is 5.58 Å². The van der Waals surface area contributed by atoms with Gasteiger partial charge in [0.2, 0.25) is 15.9 Å². The highest BCUT2D eigenvalue weighted by Gasteiger charge is 2.28. The molecule has 0 spiro atoms. The number of hydrogen-bond donors (Lipinski definition) is 1. The zero-order chi connectivity index (χ0) is 21.3. The number of nitrogens with zero attached hydrogens (tertiary/aromatic N) is 2. The van der Waals surface area contributed by atoms with E-state index in [4.69, 9.17) is 4.42 Å². The fourth-order valence-electron chi connectivity index (χ4n) is 3.66. The molecule has 1 amide bonds. The molecule has 158 valence electrons. The molecule has 30 heavy (non-hydrogen) atoms. The van der Waals surface area contributed by atoms with E-state index in [-0.39, 0.29) is 29.4 Å². The third-order valence-corrected chi connectivity index (χ3v) is 7.10. The monoisotopic (exact) mass is 429 g/mol. The van der Waals surface area contributed by atoms with Crippen molar-refractivity contribution in [3.05, 3.63) is 58.6 Å². The smallest absolute Gasteiger partial charge is 0.408 e. The average molecular weight is 429 g/mol. The SMILES string of the molecule is Cc1cccc(NC(=O)CCn2c(=O)oc3cc(S(=O)(=O)N4CCCC4)ccc32)c1. The predicted octanol–water partition coefficient (Wildman–Crippen LogP) is 2.72. The maximum Gasteiger partial charge on any atom is 0.419 e. The highest BCUT2D eigenvalue weighted by molar-refractivity contribution is 7.89. The van der Waals surface area contributed by atoms with Crippen molar-refractivity contribution in [1.82, 2.24) is 8.87 Å². The molecule has 4 rings (SSSR count). The van der Waals surface area contributed by atoms with Crippen LogP contribution in [0.4, 0.5) is 5.69 Å². The minimum atomic E-state index is -3.60. The van der Waals surface area contributed by atoms with Gasteiger partial charge in [0.05, 0.1) is 10.4 Å². The van der Waals surface area contributed by atoms with Gasteiger partial charge in [-0.3, -0.25) is 9.36 Å². The van der Waals surface area contributed by atoms with Crippen molar-refractivity contribution in [1.29, 1.82) is 0 Å². The van der Waals surface area contributed by atoms with Crippen molar-refractivity contribution in [2.75, 3.05) is 18.4 Å². The van der Waals surface area contributed by atoms with Crippen molar-refractivity contribution in [3.63, 3.8) is 0 Å². The molecule has 0 unspecified atom stereocenters. The molecule has 1 aliphatic heterocycles. The summed E-state index contributed by atoms with van der Waals surface area (Å²) in [6.45, 7) is 3.06. The zero-order valence-electron chi connectivity index (χ0n) is 16.6. The Hall–Kier alpha value is -2.91. The van der Waals surface area contributed by atoms with E-state index in [0.29, 0.717) is 24.3 Å². The Morgan fingerprint density at radius 2 is 1.90 bits per heavy atom. The first kappa shape index (κ1) is 20.4. The third kappa shape index (κ3) is 4.03. The highest BCUT2D eigenvalue weighted by Crippen LogP contribution is 2.24. The number of oxazole rings is 1. The van der Waals surface area contributed by atoms with E-state index in [1.54, 1.807) is 12.1 Å². The maximum absolute atomic E-state index is 12.7. The molecule has 1 N–H and O–H groups in total. The van der Waals surface area contributed by atoms with Crippen LogP contribution in [-0.2, 0) is 21.4 Å². The lowest BCUT2D eigenvalue weighted by Crippen LogP contribution is -2.27. The van der Waals surface area contributed by atoms with Crippen LogP contribution in [0.2, 0.25) is 0 Å². The molecule has 0 saturated carbocycles. The molecule has 1 aromatic heterocycles.